The van der Waals surface area contributed by atoms with Gasteiger partial charge in [0, 0.05) is 19.0 Å². The Labute approximate surface area is 183 Å². The quantitative estimate of drug-likeness (QED) is 0.572. The predicted molar refractivity (Wildman–Crippen MR) is 120 cm³/mol. The van der Waals surface area contributed by atoms with Gasteiger partial charge in [0.05, 0.1) is 21.3 Å². The predicted octanol–water partition coefficient (Wildman–Crippen LogP) is 4.64. The zero-order valence-corrected chi connectivity index (χ0v) is 19.5. The molecule has 1 aliphatic rings. The molecule has 0 heterocycles. The number of benzene rings is 1. The summed E-state index contributed by atoms with van der Waals surface area (Å²) >= 11 is 6.83. The van der Waals surface area contributed by atoms with Crippen molar-refractivity contribution >= 4 is 34.5 Å². The van der Waals surface area contributed by atoms with Crippen molar-refractivity contribution < 1.29 is 23.7 Å². The maximum absolute atomic E-state index is 11.9. The van der Waals surface area contributed by atoms with Crippen molar-refractivity contribution in [2.24, 2.45) is 0 Å². The Balaban J connectivity index is 2.45. The van der Waals surface area contributed by atoms with Gasteiger partial charge >= 0.3 is 6.09 Å². The largest absolute Gasteiger partial charge is 0.493 e. The van der Waals surface area contributed by atoms with Crippen molar-refractivity contribution in [2.75, 3.05) is 41.2 Å². The molecular formula is C21H31NO5S2. The number of hydrogen-bond donors (Lipinski definition) is 0. The molecule has 1 saturated carbocycles. The number of hydrogen-bond acceptors (Lipinski definition) is 7. The number of ether oxygens (including phenoxy) is 4. The minimum Gasteiger partial charge on any atom is -0.493 e. The molecule has 0 spiro atoms. The van der Waals surface area contributed by atoms with Crippen LogP contribution >= 0.6 is 24.0 Å². The van der Waals surface area contributed by atoms with Gasteiger partial charge in [0.15, 0.2) is 11.5 Å². The number of thioether (sulfide) groups is 1. The third-order valence-corrected chi connectivity index (χ3v) is 6.72. The average Bonchev–Trinajstić information content (AvgIpc) is 2.76. The molecular weight excluding hydrogens is 410 g/mol. The van der Waals surface area contributed by atoms with Gasteiger partial charge in [-0.2, -0.15) is 0 Å². The highest BCUT2D eigenvalue weighted by Crippen LogP contribution is 2.46. The van der Waals surface area contributed by atoms with E-state index in [1.165, 1.54) is 18.9 Å². The lowest BCUT2D eigenvalue weighted by Crippen LogP contribution is -2.47. The molecule has 162 valence electrons. The normalized spacial score (nSPS) is 21.2. The van der Waals surface area contributed by atoms with Gasteiger partial charge in [-0.3, -0.25) is 0 Å². The molecule has 1 aliphatic carbocycles. The first-order valence-corrected chi connectivity index (χ1v) is 11.3. The van der Waals surface area contributed by atoms with Crippen LogP contribution < -0.4 is 9.47 Å². The molecule has 1 fully saturated rings. The topological polar surface area (TPSA) is 57.2 Å². The highest BCUT2D eigenvalue weighted by Gasteiger charge is 2.44. The van der Waals surface area contributed by atoms with E-state index in [2.05, 4.69) is 6.07 Å². The lowest BCUT2D eigenvalue weighted by molar-refractivity contribution is 0.0466. The molecule has 8 heteroatoms. The fourth-order valence-corrected chi connectivity index (χ4v) is 4.39. The van der Waals surface area contributed by atoms with Gasteiger partial charge in [-0.15, -0.1) is 0 Å². The van der Waals surface area contributed by atoms with Crippen LogP contribution in [-0.4, -0.2) is 62.7 Å². The molecule has 0 N–H and O–H groups in total. The van der Waals surface area contributed by atoms with Crippen LogP contribution in [-0.2, 0) is 14.9 Å². The molecule has 1 aromatic rings. The first-order valence-electron chi connectivity index (χ1n) is 9.68. The highest BCUT2D eigenvalue weighted by atomic mass is 32.2. The summed E-state index contributed by atoms with van der Waals surface area (Å²) in [6.45, 7) is 0.549. The monoisotopic (exact) mass is 441 g/mol. The Morgan fingerprint density at radius 2 is 1.97 bits per heavy atom. The van der Waals surface area contributed by atoms with E-state index in [9.17, 15) is 4.79 Å². The summed E-state index contributed by atoms with van der Waals surface area (Å²) in [6, 6.07) is 6.03. The summed E-state index contributed by atoms with van der Waals surface area (Å²) in [4.78, 5) is 13.5. The maximum Gasteiger partial charge on any atom is 0.409 e. The molecule has 2 rings (SSSR count). The molecule has 6 nitrogen and oxygen atoms in total. The summed E-state index contributed by atoms with van der Waals surface area (Å²) < 4.78 is 22.6. The summed E-state index contributed by atoms with van der Waals surface area (Å²) in [7, 11) is 6.41. The first-order chi connectivity index (χ1) is 13.9. The Morgan fingerprint density at radius 3 is 2.59 bits per heavy atom. The summed E-state index contributed by atoms with van der Waals surface area (Å²) in [5, 5.41) is 0. The first kappa shape index (κ1) is 23.6. The molecule has 0 aromatic heterocycles. The van der Waals surface area contributed by atoms with E-state index < -0.39 is 0 Å². The summed E-state index contributed by atoms with van der Waals surface area (Å²) in [5.41, 5.74) is 0.821. The number of methoxy groups -OCH3 is 3. The molecule has 1 aromatic carbocycles. The zero-order chi connectivity index (χ0) is 21.4. The molecule has 29 heavy (non-hydrogen) atoms. The van der Waals surface area contributed by atoms with Crippen molar-refractivity contribution in [1.29, 1.82) is 0 Å². The van der Waals surface area contributed by atoms with Gasteiger partial charge in [0.25, 0.3) is 0 Å². The average molecular weight is 442 g/mol. The molecule has 0 aliphatic heterocycles. The molecule has 0 unspecified atom stereocenters. The van der Waals surface area contributed by atoms with Gasteiger partial charge in [0.1, 0.15) is 6.10 Å². The smallest absolute Gasteiger partial charge is 0.409 e. The lowest BCUT2D eigenvalue weighted by Gasteiger charge is -2.45. The van der Waals surface area contributed by atoms with E-state index in [-0.39, 0.29) is 17.6 Å². The molecule has 0 saturated heterocycles. The van der Waals surface area contributed by atoms with Crippen molar-refractivity contribution in [3.63, 3.8) is 0 Å². The molecule has 2 atom stereocenters. The minimum absolute atomic E-state index is 0.0691. The van der Waals surface area contributed by atoms with E-state index in [4.69, 9.17) is 31.2 Å². The van der Waals surface area contributed by atoms with Crippen LogP contribution in [0.1, 0.15) is 37.7 Å². The van der Waals surface area contributed by atoms with Gasteiger partial charge < -0.3 is 23.8 Å². The standard InChI is InChI=1S/C21H31NO5S2/c1-22(19(23)26-4)13-12-21(11-7-6-8-18(21)27-20(28)29-5)15-9-10-16(24-2)17(14-15)25-3/h9-10,14,18H,6-8,11-13H2,1-5H3/t18-,21+/m1/s1. The maximum atomic E-state index is 11.9. The van der Waals surface area contributed by atoms with Crippen LogP contribution in [0.5, 0.6) is 11.5 Å². The second kappa shape index (κ2) is 10.9. The van der Waals surface area contributed by atoms with Gasteiger partial charge in [-0.1, -0.05) is 24.2 Å². The SMILES string of the molecule is COC(=O)N(C)CC[C@]1(c2ccc(OC)c(OC)c2)CCCC[C@H]1OC(=S)SC. The Kier molecular flexibility index (Phi) is 8.89. The van der Waals surface area contributed by atoms with E-state index >= 15 is 0 Å². The number of amides is 1. The third-order valence-electron chi connectivity index (χ3n) is 5.70. The summed E-state index contributed by atoms with van der Waals surface area (Å²) in [5.74, 6) is 1.37. The van der Waals surface area contributed by atoms with E-state index in [0.29, 0.717) is 22.4 Å². The number of rotatable bonds is 7. The third kappa shape index (κ3) is 5.48. The number of carbonyl (C=O) groups is 1. The fourth-order valence-electron chi connectivity index (χ4n) is 4.06. The van der Waals surface area contributed by atoms with Gasteiger partial charge in [-0.25, -0.2) is 4.79 Å². The minimum atomic E-state index is -0.347. The van der Waals surface area contributed by atoms with E-state index in [0.717, 1.165) is 37.7 Å². The second-order valence-corrected chi connectivity index (χ2v) is 8.58. The highest BCUT2D eigenvalue weighted by molar-refractivity contribution is 8.22. The van der Waals surface area contributed by atoms with Crippen LogP contribution in [0.2, 0.25) is 0 Å². The Hall–Kier alpha value is -1.67. The van der Waals surface area contributed by atoms with Crippen LogP contribution in [0.25, 0.3) is 0 Å². The van der Waals surface area contributed by atoms with Crippen molar-refractivity contribution in [3.05, 3.63) is 23.8 Å². The van der Waals surface area contributed by atoms with Gasteiger partial charge in [-0.05, 0) is 61.9 Å². The molecule has 0 bridgehead atoms. The number of carbonyl (C=O) groups excluding carboxylic acids is 1. The molecule has 0 radical (unpaired) electrons. The van der Waals surface area contributed by atoms with Crippen LogP contribution in [0.3, 0.4) is 0 Å². The molecule has 1 amide bonds. The zero-order valence-electron chi connectivity index (χ0n) is 17.9. The van der Waals surface area contributed by atoms with Crippen molar-refractivity contribution in [1.82, 2.24) is 4.90 Å². The van der Waals surface area contributed by atoms with E-state index in [1.807, 2.05) is 18.4 Å². The van der Waals surface area contributed by atoms with Crippen LogP contribution in [0.15, 0.2) is 18.2 Å². The van der Waals surface area contributed by atoms with Crippen LogP contribution in [0, 0.1) is 0 Å². The Bertz CT molecular complexity index is 714. The van der Waals surface area contributed by atoms with Crippen molar-refractivity contribution in [2.45, 2.75) is 43.6 Å². The fraction of sp³-hybridized carbons (Fsp3) is 0.619. The lowest BCUT2D eigenvalue weighted by atomic mass is 9.65. The van der Waals surface area contributed by atoms with Crippen molar-refractivity contribution in [3.8, 4) is 11.5 Å². The number of thiocarbonyl (C=S) groups is 1. The summed E-state index contributed by atoms with van der Waals surface area (Å²) in [6.07, 6.45) is 6.27. The van der Waals surface area contributed by atoms with Crippen LogP contribution in [0.4, 0.5) is 4.79 Å². The number of nitrogens with zero attached hydrogens (tertiary/aromatic N) is 1. The second-order valence-electron chi connectivity index (χ2n) is 7.17. The van der Waals surface area contributed by atoms with E-state index in [1.54, 1.807) is 26.2 Å². The van der Waals surface area contributed by atoms with Gasteiger partial charge in [0.2, 0.25) is 4.38 Å². The Morgan fingerprint density at radius 1 is 1.24 bits per heavy atom.